The first-order chi connectivity index (χ1) is 16.8. The van der Waals surface area contributed by atoms with Crippen LogP contribution in [0.2, 0.25) is 5.02 Å². The van der Waals surface area contributed by atoms with E-state index in [1.807, 2.05) is 43.3 Å². The molecule has 3 aromatic rings. The maximum Gasteiger partial charge on any atom is 0.269 e. The van der Waals surface area contributed by atoms with E-state index in [9.17, 15) is 20.2 Å². The molecule has 0 aliphatic heterocycles. The zero-order chi connectivity index (χ0) is 25.4. The quantitative estimate of drug-likeness (QED) is 0.180. The number of nitriles is 1. The van der Waals surface area contributed by atoms with Crippen LogP contribution in [0.4, 0.5) is 5.69 Å². The minimum absolute atomic E-state index is 0.0240. The van der Waals surface area contributed by atoms with Crippen molar-refractivity contribution in [1.82, 2.24) is 5.32 Å². The molecule has 1 atom stereocenters. The minimum atomic E-state index is -0.523. The summed E-state index contributed by atoms with van der Waals surface area (Å²) in [5.41, 5.74) is 1.81. The van der Waals surface area contributed by atoms with Crippen LogP contribution in [0.15, 0.2) is 72.3 Å². The van der Waals surface area contributed by atoms with Crippen molar-refractivity contribution in [2.45, 2.75) is 19.6 Å². The van der Waals surface area contributed by atoms with Crippen LogP contribution in [-0.2, 0) is 11.4 Å². The fraction of sp³-hybridized carbons (Fsp3) is 0.154. The fourth-order valence-electron chi connectivity index (χ4n) is 3.29. The van der Waals surface area contributed by atoms with Crippen molar-refractivity contribution in [3.8, 4) is 17.6 Å². The molecule has 0 aliphatic rings. The number of rotatable bonds is 9. The fourth-order valence-corrected chi connectivity index (χ4v) is 3.57. The smallest absolute Gasteiger partial charge is 0.269 e. The third kappa shape index (κ3) is 6.59. The van der Waals surface area contributed by atoms with Gasteiger partial charge in [-0.3, -0.25) is 14.9 Å². The molecule has 8 nitrogen and oxygen atoms in total. The van der Waals surface area contributed by atoms with Gasteiger partial charge in [0.15, 0.2) is 11.5 Å². The van der Waals surface area contributed by atoms with E-state index in [0.29, 0.717) is 11.1 Å². The molecular weight excluding hydrogens is 470 g/mol. The van der Waals surface area contributed by atoms with Gasteiger partial charge in [0.25, 0.3) is 11.6 Å². The summed E-state index contributed by atoms with van der Waals surface area (Å²) in [5.74, 6) is -0.00652. The lowest BCUT2D eigenvalue weighted by atomic mass is 10.1. The number of hydrogen-bond acceptors (Lipinski definition) is 6. The SMILES string of the molecule is COc1cc(/C=C(/C#N)C(=O)N[C@H](C)c2ccccc2)cc(Cl)c1OCc1cccc([N+](=O)[O-])c1. The molecule has 0 heterocycles. The highest BCUT2D eigenvalue weighted by atomic mass is 35.5. The first-order valence-electron chi connectivity index (χ1n) is 10.5. The van der Waals surface area contributed by atoms with E-state index in [4.69, 9.17) is 21.1 Å². The van der Waals surface area contributed by atoms with Crippen LogP contribution in [0.3, 0.4) is 0 Å². The summed E-state index contributed by atoms with van der Waals surface area (Å²) < 4.78 is 11.2. The highest BCUT2D eigenvalue weighted by Crippen LogP contribution is 2.37. The summed E-state index contributed by atoms with van der Waals surface area (Å²) in [6.07, 6.45) is 1.41. The average Bonchev–Trinajstić information content (AvgIpc) is 2.86. The monoisotopic (exact) mass is 491 g/mol. The number of carbonyl (C=O) groups is 1. The summed E-state index contributed by atoms with van der Waals surface area (Å²) in [4.78, 5) is 23.2. The first kappa shape index (κ1) is 25.3. The highest BCUT2D eigenvalue weighted by molar-refractivity contribution is 6.32. The largest absolute Gasteiger partial charge is 0.493 e. The molecule has 1 N–H and O–H groups in total. The van der Waals surface area contributed by atoms with E-state index >= 15 is 0 Å². The molecule has 0 saturated carbocycles. The van der Waals surface area contributed by atoms with Crippen molar-refractivity contribution in [3.63, 3.8) is 0 Å². The molecule has 0 bridgehead atoms. The van der Waals surface area contributed by atoms with Crippen molar-refractivity contribution in [2.24, 2.45) is 0 Å². The molecule has 0 fully saturated rings. The number of nitrogens with zero attached hydrogens (tertiary/aromatic N) is 2. The number of amides is 1. The first-order valence-corrected chi connectivity index (χ1v) is 10.9. The summed E-state index contributed by atoms with van der Waals surface area (Å²) in [5, 5.41) is 23.5. The second-order valence-corrected chi connectivity index (χ2v) is 7.93. The lowest BCUT2D eigenvalue weighted by molar-refractivity contribution is -0.384. The topological polar surface area (TPSA) is 114 Å². The Balaban J connectivity index is 1.79. The van der Waals surface area contributed by atoms with E-state index < -0.39 is 10.8 Å². The Morgan fingerprint density at radius 3 is 2.60 bits per heavy atom. The minimum Gasteiger partial charge on any atom is -0.493 e. The second-order valence-electron chi connectivity index (χ2n) is 7.53. The summed E-state index contributed by atoms with van der Waals surface area (Å²) >= 11 is 6.41. The van der Waals surface area contributed by atoms with Gasteiger partial charge in [0, 0.05) is 12.1 Å². The number of non-ortho nitro benzene ring substituents is 1. The predicted octanol–water partition coefficient (Wildman–Crippen LogP) is 5.62. The number of nitro groups is 1. The van der Waals surface area contributed by atoms with Crippen molar-refractivity contribution < 1.29 is 19.2 Å². The Kier molecular flexibility index (Phi) is 8.43. The lowest BCUT2D eigenvalue weighted by Gasteiger charge is -2.15. The Morgan fingerprint density at radius 1 is 1.20 bits per heavy atom. The molecule has 0 saturated heterocycles. The van der Waals surface area contributed by atoms with Gasteiger partial charge in [0.05, 0.1) is 23.1 Å². The molecule has 178 valence electrons. The van der Waals surface area contributed by atoms with Crippen LogP contribution >= 0.6 is 11.6 Å². The third-order valence-corrected chi connectivity index (χ3v) is 5.36. The number of nitro benzene ring substituents is 1. The Bertz CT molecular complexity index is 1300. The van der Waals surface area contributed by atoms with Gasteiger partial charge in [-0.25, -0.2) is 0 Å². The van der Waals surface area contributed by atoms with Gasteiger partial charge in [-0.15, -0.1) is 0 Å². The number of hydrogen-bond donors (Lipinski definition) is 1. The maximum atomic E-state index is 12.7. The van der Waals surface area contributed by atoms with Crippen LogP contribution < -0.4 is 14.8 Å². The van der Waals surface area contributed by atoms with Gasteiger partial charge in [-0.2, -0.15) is 5.26 Å². The second kappa shape index (κ2) is 11.7. The number of carbonyl (C=O) groups excluding carboxylic acids is 1. The molecular formula is C26H22ClN3O5. The van der Waals surface area contributed by atoms with Gasteiger partial charge in [0.2, 0.25) is 0 Å². The zero-order valence-electron chi connectivity index (χ0n) is 19.0. The molecule has 1 amide bonds. The highest BCUT2D eigenvalue weighted by Gasteiger charge is 2.16. The lowest BCUT2D eigenvalue weighted by Crippen LogP contribution is -2.27. The van der Waals surface area contributed by atoms with E-state index in [1.54, 1.807) is 18.2 Å². The van der Waals surface area contributed by atoms with Crippen molar-refractivity contribution in [3.05, 3.63) is 104 Å². The predicted molar refractivity (Wildman–Crippen MR) is 132 cm³/mol. The Morgan fingerprint density at radius 2 is 1.94 bits per heavy atom. The number of nitrogens with one attached hydrogen (secondary N) is 1. The molecule has 0 unspecified atom stereocenters. The van der Waals surface area contributed by atoms with Gasteiger partial charge >= 0.3 is 0 Å². The molecule has 0 aromatic heterocycles. The van der Waals surface area contributed by atoms with Crippen LogP contribution in [0.25, 0.3) is 6.08 Å². The summed E-state index contributed by atoms with van der Waals surface area (Å²) in [6, 6.07) is 20.2. The van der Waals surface area contributed by atoms with Gasteiger partial charge in [0.1, 0.15) is 18.2 Å². The van der Waals surface area contributed by atoms with Gasteiger partial charge < -0.3 is 14.8 Å². The Labute approximate surface area is 207 Å². The Hall–Kier alpha value is -4.35. The summed E-state index contributed by atoms with van der Waals surface area (Å²) in [7, 11) is 1.43. The number of benzene rings is 3. The van der Waals surface area contributed by atoms with E-state index in [0.717, 1.165) is 5.56 Å². The van der Waals surface area contributed by atoms with Crippen molar-refractivity contribution >= 4 is 29.3 Å². The maximum absolute atomic E-state index is 12.7. The van der Waals surface area contributed by atoms with Crippen molar-refractivity contribution in [2.75, 3.05) is 7.11 Å². The molecule has 9 heteroatoms. The molecule has 3 rings (SSSR count). The molecule has 35 heavy (non-hydrogen) atoms. The van der Waals surface area contributed by atoms with E-state index in [1.165, 1.54) is 31.4 Å². The normalized spacial score (nSPS) is 11.8. The summed E-state index contributed by atoms with van der Waals surface area (Å²) in [6.45, 7) is 1.85. The van der Waals surface area contributed by atoms with Gasteiger partial charge in [-0.1, -0.05) is 54.1 Å². The van der Waals surface area contributed by atoms with Crippen LogP contribution in [0, 0.1) is 21.4 Å². The van der Waals surface area contributed by atoms with E-state index in [2.05, 4.69) is 5.32 Å². The third-order valence-electron chi connectivity index (χ3n) is 5.08. The van der Waals surface area contributed by atoms with Crippen molar-refractivity contribution in [1.29, 1.82) is 5.26 Å². The van der Waals surface area contributed by atoms with Crippen LogP contribution in [0.5, 0.6) is 11.5 Å². The number of halogens is 1. The number of ether oxygens (including phenoxy) is 2. The van der Waals surface area contributed by atoms with E-state index in [-0.39, 0.29) is 40.4 Å². The molecule has 3 aromatic carbocycles. The van der Waals surface area contributed by atoms with Crippen LogP contribution in [-0.4, -0.2) is 17.9 Å². The van der Waals surface area contributed by atoms with Gasteiger partial charge in [-0.05, 0) is 41.8 Å². The van der Waals surface area contributed by atoms with Crippen LogP contribution in [0.1, 0.15) is 29.7 Å². The standard InChI is InChI=1S/C26H22ClN3O5/c1-17(20-8-4-3-5-9-20)29-26(31)21(15-28)11-19-13-23(27)25(24(14-19)34-2)35-16-18-7-6-10-22(12-18)30(32)33/h3-14,17H,16H2,1-2H3,(H,29,31)/b21-11-/t17-/m1/s1. The molecule has 0 aliphatic carbocycles. The number of methoxy groups -OCH3 is 1. The average molecular weight is 492 g/mol. The molecule has 0 radical (unpaired) electrons. The molecule has 0 spiro atoms. The zero-order valence-corrected chi connectivity index (χ0v) is 19.8.